The summed E-state index contributed by atoms with van der Waals surface area (Å²) in [6.07, 6.45) is 3.10. The number of aliphatic hydroxyl groups is 1. The number of hydrogen-bond acceptors (Lipinski definition) is 5. The van der Waals surface area contributed by atoms with E-state index in [1.165, 1.54) is 22.9 Å². The molecule has 0 bridgehead atoms. The van der Waals surface area contributed by atoms with E-state index in [0.717, 1.165) is 0 Å². The highest BCUT2D eigenvalue weighted by Gasteiger charge is 2.40. The minimum absolute atomic E-state index is 0.0816. The molecule has 3 heterocycles. The number of rotatable bonds is 5. The van der Waals surface area contributed by atoms with Crippen LogP contribution in [0.2, 0.25) is 0 Å². The fourth-order valence-electron chi connectivity index (χ4n) is 4.17. The van der Waals surface area contributed by atoms with Gasteiger partial charge in [-0.1, -0.05) is 0 Å². The summed E-state index contributed by atoms with van der Waals surface area (Å²) in [5, 5.41) is 10.9. The summed E-state index contributed by atoms with van der Waals surface area (Å²) in [4.78, 5) is 48.2. The first-order chi connectivity index (χ1) is 15.1. The summed E-state index contributed by atoms with van der Waals surface area (Å²) >= 11 is 0. The second kappa shape index (κ2) is 8.34. The summed E-state index contributed by atoms with van der Waals surface area (Å²) < 4.78 is 14.6. The number of fused-ring (bicyclic) bond motifs is 1. The summed E-state index contributed by atoms with van der Waals surface area (Å²) in [6.45, 7) is 3.77. The molecule has 3 N–H and O–H groups in total. The average molecular weight is 443 g/mol. The van der Waals surface area contributed by atoms with Crippen LogP contribution in [-0.2, 0) is 11.2 Å². The van der Waals surface area contributed by atoms with Gasteiger partial charge < -0.3 is 15.0 Å². The SMILES string of the molecule is Cc1cn([C@@H]2CN(C(=O)CCCc3nc4ccc(F)cc4[nH]3)CC[C@@]2(C)O)c(=O)[nH]c1=O. The minimum atomic E-state index is -1.20. The van der Waals surface area contributed by atoms with E-state index in [-0.39, 0.29) is 24.7 Å². The van der Waals surface area contributed by atoms with Gasteiger partial charge in [0, 0.05) is 37.7 Å². The van der Waals surface area contributed by atoms with Crippen LogP contribution in [0.3, 0.4) is 0 Å². The van der Waals surface area contributed by atoms with Crippen molar-refractivity contribution in [2.45, 2.75) is 51.2 Å². The van der Waals surface area contributed by atoms with Crippen molar-refractivity contribution in [3.8, 4) is 0 Å². The molecule has 2 aromatic heterocycles. The molecule has 1 aliphatic rings. The highest BCUT2D eigenvalue weighted by molar-refractivity contribution is 5.76. The quantitative estimate of drug-likeness (QED) is 0.550. The molecule has 0 unspecified atom stereocenters. The number of nitrogens with one attached hydrogen (secondary N) is 2. The second-order valence-electron chi connectivity index (χ2n) is 8.64. The van der Waals surface area contributed by atoms with Gasteiger partial charge in [-0.05, 0) is 44.9 Å². The van der Waals surface area contributed by atoms with Crippen LogP contribution in [0.5, 0.6) is 0 Å². The fourth-order valence-corrected chi connectivity index (χ4v) is 4.17. The standard InChI is InChI=1S/C22H26FN5O4/c1-13-11-28(21(31)26-20(13)30)17-12-27(9-8-22(17,2)32)19(29)5-3-4-18-24-15-7-6-14(23)10-16(15)25-18/h6-7,10-11,17,32H,3-5,8-9,12H2,1-2H3,(H,24,25)(H,26,30,31)/t17-,22-/m1/s1. The lowest BCUT2D eigenvalue weighted by atomic mass is 9.88. The maximum Gasteiger partial charge on any atom is 0.328 e. The third kappa shape index (κ3) is 4.36. The van der Waals surface area contributed by atoms with Crippen molar-refractivity contribution in [3.05, 3.63) is 62.4 Å². The molecule has 1 fully saturated rings. The predicted octanol–water partition coefficient (Wildman–Crippen LogP) is 1.41. The molecule has 1 aliphatic heterocycles. The van der Waals surface area contributed by atoms with Crippen molar-refractivity contribution in [3.63, 3.8) is 0 Å². The normalized spacial score (nSPS) is 21.2. The zero-order chi connectivity index (χ0) is 23.0. The third-order valence-electron chi connectivity index (χ3n) is 6.13. The van der Waals surface area contributed by atoms with E-state index in [2.05, 4.69) is 15.0 Å². The van der Waals surface area contributed by atoms with Crippen molar-refractivity contribution >= 4 is 16.9 Å². The highest BCUT2D eigenvalue weighted by atomic mass is 19.1. The molecule has 4 rings (SSSR count). The summed E-state index contributed by atoms with van der Waals surface area (Å²) in [7, 11) is 0. The zero-order valence-corrected chi connectivity index (χ0v) is 18.0. The van der Waals surface area contributed by atoms with E-state index < -0.39 is 22.9 Å². The number of aromatic nitrogens is 4. The molecular weight excluding hydrogens is 417 g/mol. The lowest BCUT2D eigenvalue weighted by Crippen LogP contribution is -2.55. The molecule has 9 nitrogen and oxygen atoms in total. The number of benzene rings is 1. The smallest absolute Gasteiger partial charge is 0.328 e. The molecule has 1 amide bonds. The molecule has 0 radical (unpaired) electrons. The Kier molecular flexibility index (Phi) is 5.72. The maximum atomic E-state index is 13.3. The molecule has 2 atom stereocenters. The maximum absolute atomic E-state index is 13.3. The minimum Gasteiger partial charge on any atom is -0.388 e. The topological polar surface area (TPSA) is 124 Å². The van der Waals surface area contributed by atoms with Crippen LogP contribution in [0.15, 0.2) is 34.0 Å². The van der Waals surface area contributed by atoms with E-state index in [1.54, 1.807) is 24.8 Å². The Morgan fingerprint density at radius 3 is 2.91 bits per heavy atom. The Morgan fingerprint density at radius 1 is 1.34 bits per heavy atom. The number of carbonyl (C=O) groups excluding carboxylic acids is 1. The Hall–Kier alpha value is -3.27. The van der Waals surface area contributed by atoms with Crippen molar-refractivity contribution in [2.75, 3.05) is 13.1 Å². The number of carbonyl (C=O) groups is 1. The van der Waals surface area contributed by atoms with E-state index in [9.17, 15) is 23.9 Å². The van der Waals surface area contributed by atoms with Crippen molar-refractivity contribution in [1.29, 1.82) is 0 Å². The number of aromatic amines is 2. The number of H-pyrrole nitrogens is 2. The number of hydrogen-bond donors (Lipinski definition) is 3. The van der Waals surface area contributed by atoms with Gasteiger partial charge in [0.25, 0.3) is 5.56 Å². The number of amides is 1. The Bertz CT molecular complexity index is 1280. The largest absolute Gasteiger partial charge is 0.388 e. The Labute approximate surface area is 182 Å². The predicted molar refractivity (Wildman–Crippen MR) is 116 cm³/mol. The van der Waals surface area contributed by atoms with Crippen LogP contribution >= 0.6 is 0 Å². The van der Waals surface area contributed by atoms with Gasteiger partial charge in [-0.25, -0.2) is 14.2 Å². The molecule has 170 valence electrons. The summed E-state index contributed by atoms with van der Waals surface area (Å²) in [5.74, 6) is 0.269. The fraction of sp³-hybridized carbons (Fsp3) is 0.455. The molecule has 0 aliphatic carbocycles. The highest BCUT2D eigenvalue weighted by Crippen LogP contribution is 2.31. The molecule has 32 heavy (non-hydrogen) atoms. The van der Waals surface area contributed by atoms with Crippen LogP contribution in [0.4, 0.5) is 4.39 Å². The number of piperidine rings is 1. The number of likely N-dealkylation sites (tertiary alicyclic amines) is 1. The van der Waals surface area contributed by atoms with Gasteiger partial charge in [-0.15, -0.1) is 0 Å². The second-order valence-corrected chi connectivity index (χ2v) is 8.64. The first kappa shape index (κ1) is 21.9. The van der Waals surface area contributed by atoms with Gasteiger partial charge in [-0.3, -0.25) is 19.1 Å². The van der Waals surface area contributed by atoms with Gasteiger partial charge in [0.2, 0.25) is 5.91 Å². The lowest BCUT2D eigenvalue weighted by Gasteiger charge is -2.43. The zero-order valence-electron chi connectivity index (χ0n) is 18.0. The van der Waals surface area contributed by atoms with Crippen molar-refractivity contribution < 1.29 is 14.3 Å². The number of halogens is 1. The van der Waals surface area contributed by atoms with Crippen LogP contribution < -0.4 is 11.2 Å². The van der Waals surface area contributed by atoms with E-state index in [0.29, 0.717) is 48.2 Å². The molecule has 0 spiro atoms. The van der Waals surface area contributed by atoms with Gasteiger partial charge in [-0.2, -0.15) is 0 Å². The van der Waals surface area contributed by atoms with Crippen LogP contribution in [-0.4, -0.2) is 54.1 Å². The van der Waals surface area contributed by atoms with E-state index >= 15 is 0 Å². The molecule has 0 saturated carbocycles. The van der Waals surface area contributed by atoms with Crippen LogP contribution in [0, 0.1) is 12.7 Å². The molecular formula is C22H26FN5O4. The number of imidazole rings is 1. The molecule has 3 aromatic rings. The van der Waals surface area contributed by atoms with Gasteiger partial charge >= 0.3 is 5.69 Å². The van der Waals surface area contributed by atoms with Crippen LogP contribution in [0.1, 0.15) is 43.6 Å². The van der Waals surface area contributed by atoms with Crippen LogP contribution in [0.25, 0.3) is 11.0 Å². The molecule has 1 aromatic carbocycles. The number of aryl methyl sites for hydroxylation is 2. The van der Waals surface area contributed by atoms with Gasteiger partial charge in [0.15, 0.2) is 0 Å². The molecule has 1 saturated heterocycles. The van der Waals surface area contributed by atoms with Gasteiger partial charge in [0.05, 0.1) is 22.7 Å². The Balaban J connectivity index is 1.42. The van der Waals surface area contributed by atoms with Gasteiger partial charge in [0.1, 0.15) is 11.6 Å². The third-order valence-corrected chi connectivity index (χ3v) is 6.13. The summed E-state index contributed by atoms with van der Waals surface area (Å²) in [5.41, 5.74) is -0.627. The first-order valence-corrected chi connectivity index (χ1v) is 10.6. The molecule has 10 heteroatoms. The summed E-state index contributed by atoms with van der Waals surface area (Å²) in [6, 6.07) is 3.68. The monoisotopic (exact) mass is 443 g/mol. The Morgan fingerprint density at radius 2 is 2.12 bits per heavy atom. The average Bonchev–Trinajstić information content (AvgIpc) is 3.12. The van der Waals surface area contributed by atoms with E-state index in [4.69, 9.17) is 0 Å². The lowest BCUT2D eigenvalue weighted by molar-refractivity contribution is -0.138. The van der Waals surface area contributed by atoms with Crippen molar-refractivity contribution in [2.24, 2.45) is 0 Å². The first-order valence-electron chi connectivity index (χ1n) is 10.6. The van der Waals surface area contributed by atoms with Crippen molar-refractivity contribution in [1.82, 2.24) is 24.4 Å². The van der Waals surface area contributed by atoms with E-state index in [1.807, 2.05) is 0 Å². The number of nitrogens with zero attached hydrogens (tertiary/aromatic N) is 3.